The van der Waals surface area contributed by atoms with Crippen molar-refractivity contribution in [2.45, 2.75) is 32.0 Å². The first-order valence-electron chi connectivity index (χ1n) is 13.9. The number of fused-ring (bicyclic) bond motifs is 4. The van der Waals surface area contributed by atoms with Crippen LogP contribution in [0, 0.1) is 12.7 Å². The van der Waals surface area contributed by atoms with Gasteiger partial charge in [-0.15, -0.1) is 0 Å². The lowest BCUT2D eigenvalue weighted by molar-refractivity contribution is -0.120. The average molecular weight is 559 g/mol. The lowest BCUT2D eigenvalue weighted by Gasteiger charge is -2.36. The zero-order chi connectivity index (χ0) is 29.0. The number of benzene rings is 4. The Morgan fingerprint density at radius 2 is 1.64 bits per heavy atom. The Morgan fingerprint density at radius 1 is 0.929 bits per heavy atom. The van der Waals surface area contributed by atoms with Crippen LogP contribution >= 0.6 is 0 Å². The van der Waals surface area contributed by atoms with Gasteiger partial charge in [0, 0.05) is 35.1 Å². The predicted molar refractivity (Wildman–Crippen MR) is 158 cm³/mol. The number of hydrogen-bond donors (Lipinski definition) is 2. The molecule has 2 aliphatic rings. The second kappa shape index (κ2) is 9.99. The number of aryl methyl sites for hydroxylation is 1. The molecule has 42 heavy (non-hydrogen) atoms. The van der Waals surface area contributed by atoms with Crippen molar-refractivity contribution in [2.75, 3.05) is 4.90 Å². The van der Waals surface area contributed by atoms with Gasteiger partial charge in [-0.25, -0.2) is 14.1 Å². The average Bonchev–Trinajstić information content (AvgIpc) is 3.50. The largest absolute Gasteiger partial charge is 0.356 e. The zero-order valence-corrected chi connectivity index (χ0v) is 22.8. The van der Waals surface area contributed by atoms with Crippen LogP contribution in [-0.2, 0) is 17.8 Å². The molecule has 0 bridgehead atoms. The van der Waals surface area contributed by atoms with Crippen molar-refractivity contribution in [1.82, 2.24) is 15.2 Å². The van der Waals surface area contributed by atoms with Gasteiger partial charge in [0.15, 0.2) is 0 Å². The molecule has 8 heteroatoms. The second-order valence-electron chi connectivity index (χ2n) is 10.8. The van der Waals surface area contributed by atoms with E-state index in [0.717, 1.165) is 38.2 Å². The van der Waals surface area contributed by atoms with E-state index in [-0.39, 0.29) is 23.7 Å². The van der Waals surface area contributed by atoms with E-state index >= 15 is 0 Å². The summed E-state index contributed by atoms with van der Waals surface area (Å²) in [5.41, 5.74) is 5.51. The molecule has 2 unspecified atom stereocenters. The van der Waals surface area contributed by atoms with Gasteiger partial charge >= 0.3 is 6.03 Å². The Labute approximate surface area is 241 Å². The van der Waals surface area contributed by atoms with E-state index in [1.54, 1.807) is 47.4 Å². The SMILES string of the molecule is Cc1ccc(C2c3[nH]c4ccccc4c3CC3C(=O)N(c4ccccc4C(=O)NCc4ccccc4F)C(=O)N32)cc1. The van der Waals surface area contributed by atoms with Crippen molar-refractivity contribution in [3.05, 3.63) is 136 Å². The van der Waals surface area contributed by atoms with Crippen LogP contribution in [0.3, 0.4) is 0 Å². The minimum absolute atomic E-state index is 0.0340. The molecule has 4 aromatic carbocycles. The van der Waals surface area contributed by atoms with Crippen LogP contribution in [0.25, 0.3) is 10.9 Å². The van der Waals surface area contributed by atoms with Gasteiger partial charge in [0.05, 0.1) is 11.3 Å². The Kier molecular flexibility index (Phi) is 6.12. The molecule has 1 fully saturated rings. The highest BCUT2D eigenvalue weighted by Crippen LogP contribution is 2.45. The number of rotatable bonds is 5. The van der Waals surface area contributed by atoms with Gasteiger partial charge < -0.3 is 10.3 Å². The molecule has 2 N–H and O–H groups in total. The van der Waals surface area contributed by atoms with Gasteiger partial charge in [-0.2, -0.15) is 0 Å². The van der Waals surface area contributed by atoms with Crippen molar-refractivity contribution in [2.24, 2.45) is 0 Å². The molecule has 1 aromatic heterocycles. The molecule has 3 heterocycles. The fourth-order valence-corrected chi connectivity index (χ4v) is 6.16. The third-order valence-electron chi connectivity index (χ3n) is 8.23. The van der Waals surface area contributed by atoms with Crippen LogP contribution in [-0.4, -0.2) is 33.8 Å². The van der Waals surface area contributed by atoms with Gasteiger partial charge in [-0.3, -0.25) is 14.5 Å². The predicted octanol–water partition coefficient (Wildman–Crippen LogP) is 6.03. The molecule has 2 aliphatic heterocycles. The van der Waals surface area contributed by atoms with Gasteiger partial charge in [0.1, 0.15) is 17.9 Å². The van der Waals surface area contributed by atoms with Gasteiger partial charge in [0.2, 0.25) is 0 Å². The maximum absolute atomic E-state index is 14.3. The van der Waals surface area contributed by atoms with E-state index in [1.165, 1.54) is 6.07 Å². The number of aromatic nitrogens is 1. The van der Waals surface area contributed by atoms with Crippen molar-refractivity contribution in [3.63, 3.8) is 0 Å². The fourth-order valence-electron chi connectivity index (χ4n) is 6.16. The highest BCUT2D eigenvalue weighted by Gasteiger charge is 2.53. The van der Waals surface area contributed by atoms with Crippen LogP contribution in [0.5, 0.6) is 0 Å². The molecular weight excluding hydrogens is 531 g/mol. The summed E-state index contributed by atoms with van der Waals surface area (Å²) >= 11 is 0. The monoisotopic (exact) mass is 558 g/mol. The summed E-state index contributed by atoms with van der Waals surface area (Å²) in [5.74, 6) is -1.32. The summed E-state index contributed by atoms with van der Waals surface area (Å²) in [6.45, 7) is 1.97. The summed E-state index contributed by atoms with van der Waals surface area (Å²) in [4.78, 5) is 48.0. The fraction of sp³-hybridized carbons (Fsp3) is 0.147. The number of carbonyl (C=O) groups is 3. The Balaban J connectivity index is 1.28. The van der Waals surface area contributed by atoms with Crippen LogP contribution in [0.15, 0.2) is 97.1 Å². The summed E-state index contributed by atoms with van der Waals surface area (Å²) in [6, 6.07) is 26.9. The van der Waals surface area contributed by atoms with Gasteiger partial charge in [-0.1, -0.05) is 78.4 Å². The number of anilines is 1. The lowest BCUT2D eigenvalue weighted by Crippen LogP contribution is -2.44. The number of nitrogens with zero attached hydrogens (tertiary/aromatic N) is 2. The third kappa shape index (κ3) is 4.06. The van der Waals surface area contributed by atoms with E-state index in [4.69, 9.17) is 0 Å². The molecule has 0 aliphatic carbocycles. The summed E-state index contributed by atoms with van der Waals surface area (Å²) in [7, 11) is 0. The van der Waals surface area contributed by atoms with Crippen LogP contribution in [0.4, 0.5) is 14.9 Å². The highest BCUT2D eigenvalue weighted by atomic mass is 19.1. The number of urea groups is 1. The number of carbonyl (C=O) groups excluding carboxylic acids is 3. The number of imide groups is 1. The normalized spacial score (nSPS) is 17.9. The number of halogens is 1. The first kappa shape index (κ1) is 25.7. The van der Waals surface area contributed by atoms with Crippen molar-refractivity contribution < 1.29 is 18.8 Å². The standard InChI is InChI=1S/C34H27FN4O3/c1-20-14-16-21(17-15-20)31-30-25(23-9-3-6-12-27(23)37-30)18-29-33(41)39(34(42)38(29)31)28-13-7-4-10-24(28)32(40)36-19-22-8-2-5-11-26(22)35/h2-17,29,31,37H,18-19H2,1H3,(H,36,40). The first-order valence-corrected chi connectivity index (χ1v) is 13.9. The molecule has 7 nitrogen and oxygen atoms in total. The zero-order valence-electron chi connectivity index (χ0n) is 22.8. The quantitative estimate of drug-likeness (QED) is 0.259. The molecular formula is C34H27FN4O3. The maximum atomic E-state index is 14.3. The molecule has 0 saturated carbocycles. The Hall–Kier alpha value is -5.24. The summed E-state index contributed by atoms with van der Waals surface area (Å²) in [5, 5.41) is 3.76. The number of H-pyrrole nitrogens is 1. The van der Waals surface area contributed by atoms with Crippen LogP contribution in [0.1, 0.15) is 44.3 Å². The van der Waals surface area contributed by atoms with Gasteiger partial charge in [0.25, 0.3) is 11.8 Å². The van der Waals surface area contributed by atoms with E-state index in [2.05, 4.69) is 10.3 Å². The van der Waals surface area contributed by atoms with E-state index in [0.29, 0.717) is 12.0 Å². The molecule has 0 radical (unpaired) electrons. The number of aromatic amines is 1. The third-order valence-corrected chi connectivity index (χ3v) is 8.23. The van der Waals surface area contributed by atoms with Crippen molar-refractivity contribution in [1.29, 1.82) is 0 Å². The molecule has 1 saturated heterocycles. The Bertz CT molecular complexity index is 1880. The lowest BCUT2D eigenvalue weighted by atomic mass is 9.88. The molecule has 5 aromatic rings. The summed E-state index contributed by atoms with van der Waals surface area (Å²) < 4.78 is 14.2. The maximum Gasteiger partial charge on any atom is 0.332 e. The van der Waals surface area contributed by atoms with E-state index in [9.17, 15) is 18.8 Å². The minimum Gasteiger partial charge on any atom is -0.356 e. The minimum atomic E-state index is -0.745. The molecule has 4 amide bonds. The van der Waals surface area contributed by atoms with Crippen molar-refractivity contribution >= 4 is 34.4 Å². The number of nitrogens with one attached hydrogen (secondary N) is 2. The molecule has 7 rings (SSSR count). The number of para-hydroxylation sites is 2. The van der Waals surface area contributed by atoms with E-state index in [1.807, 2.05) is 55.5 Å². The first-order chi connectivity index (χ1) is 20.4. The van der Waals surface area contributed by atoms with Crippen LogP contribution < -0.4 is 10.2 Å². The van der Waals surface area contributed by atoms with Crippen molar-refractivity contribution in [3.8, 4) is 0 Å². The van der Waals surface area contributed by atoms with Crippen LogP contribution in [0.2, 0.25) is 0 Å². The molecule has 0 spiro atoms. The Morgan fingerprint density at radius 3 is 2.45 bits per heavy atom. The van der Waals surface area contributed by atoms with E-state index < -0.39 is 29.8 Å². The molecule has 208 valence electrons. The topological polar surface area (TPSA) is 85.5 Å². The second-order valence-corrected chi connectivity index (χ2v) is 10.8. The van der Waals surface area contributed by atoms with Gasteiger partial charge in [-0.05, 0) is 42.3 Å². The number of hydrogen-bond acceptors (Lipinski definition) is 3. The number of amides is 4. The summed E-state index contributed by atoms with van der Waals surface area (Å²) in [6.07, 6.45) is 0.352. The highest BCUT2D eigenvalue weighted by molar-refractivity contribution is 6.24. The smallest absolute Gasteiger partial charge is 0.332 e. The molecule has 2 atom stereocenters.